The number of thiocarbonyl (C=S) groups is 1. The average molecular weight is 331 g/mol. The number of hydrogen-bond donors (Lipinski definition) is 3. The first-order valence-corrected chi connectivity index (χ1v) is 6.94. The molecule has 2 rings (SSSR count). The van der Waals surface area contributed by atoms with Gasteiger partial charge in [-0.15, -0.1) is 0 Å². The van der Waals surface area contributed by atoms with E-state index in [4.69, 9.17) is 12.2 Å². The first-order chi connectivity index (χ1) is 10.9. The van der Waals surface area contributed by atoms with Gasteiger partial charge in [-0.1, -0.05) is 12.1 Å². The molecule has 2 aromatic rings. The summed E-state index contributed by atoms with van der Waals surface area (Å²) < 4.78 is 0. The maximum atomic E-state index is 12.0. The quantitative estimate of drug-likeness (QED) is 0.346. The molecule has 1 amide bonds. The Hall–Kier alpha value is -3.00. The summed E-state index contributed by atoms with van der Waals surface area (Å²) in [6.45, 7) is 1.84. The summed E-state index contributed by atoms with van der Waals surface area (Å²) in [6.07, 6.45) is 0. The number of phenolic OH excluding ortho intramolecular Hbond substituents is 1. The maximum Gasteiger partial charge on any atom is 0.270 e. The van der Waals surface area contributed by atoms with E-state index in [0.717, 1.165) is 11.6 Å². The van der Waals surface area contributed by atoms with Gasteiger partial charge in [-0.25, -0.2) is 0 Å². The van der Waals surface area contributed by atoms with Crippen LogP contribution in [0.25, 0.3) is 0 Å². The molecule has 3 N–H and O–H groups in total. The fraction of sp³-hybridized carbons (Fsp3) is 0.0667. The van der Waals surface area contributed by atoms with Gasteiger partial charge >= 0.3 is 0 Å². The van der Waals surface area contributed by atoms with Gasteiger partial charge in [-0.3, -0.25) is 20.2 Å². The highest BCUT2D eigenvalue weighted by Gasteiger charge is 2.13. The molecule has 0 radical (unpaired) electrons. The molecule has 0 aliphatic rings. The smallest absolute Gasteiger partial charge is 0.270 e. The van der Waals surface area contributed by atoms with E-state index in [2.05, 4.69) is 10.6 Å². The fourth-order valence-electron chi connectivity index (χ4n) is 1.84. The highest BCUT2D eigenvalue weighted by atomic mass is 32.1. The van der Waals surface area contributed by atoms with Gasteiger partial charge in [-0.2, -0.15) is 0 Å². The van der Waals surface area contributed by atoms with Crippen LogP contribution >= 0.6 is 12.2 Å². The second-order valence-corrected chi connectivity index (χ2v) is 5.14. The van der Waals surface area contributed by atoms with E-state index >= 15 is 0 Å². The first-order valence-electron chi connectivity index (χ1n) is 6.53. The summed E-state index contributed by atoms with van der Waals surface area (Å²) in [4.78, 5) is 22.2. The molecule has 0 aliphatic heterocycles. The molecule has 0 heterocycles. The number of carbonyl (C=O) groups is 1. The van der Waals surface area contributed by atoms with Gasteiger partial charge in [0.2, 0.25) is 0 Å². The molecule has 0 spiro atoms. The molecule has 0 saturated heterocycles. The molecule has 0 saturated carbocycles. The van der Waals surface area contributed by atoms with Gasteiger partial charge in [0, 0.05) is 17.7 Å². The summed E-state index contributed by atoms with van der Waals surface area (Å²) in [5, 5.41) is 25.5. The molecule has 7 nitrogen and oxygen atoms in total. The lowest BCUT2D eigenvalue weighted by atomic mass is 10.2. The third-order valence-corrected chi connectivity index (χ3v) is 3.15. The van der Waals surface area contributed by atoms with Crippen LogP contribution in [0.1, 0.15) is 15.9 Å². The van der Waals surface area contributed by atoms with Crippen LogP contribution in [0.15, 0.2) is 42.5 Å². The van der Waals surface area contributed by atoms with Crippen LogP contribution in [0.3, 0.4) is 0 Å². The standard InChI is InChI=1S/C15H13N3O4S/c1-9-5-6-13(19)12(7-9)16-15(23)17-14(20)10-3-2-4-11(8-10)18(21)22/h2-8,19H,1H3,(H2,16,17,20,23). The van der Waals surface area contributed by atoms with E-state index in [1.54, 1.807) is 12.1 Å². The largest absolute Gasteiger partial charge is 0.506 e. The maximum absolute atomic E-state index is 12.0. The van der Waals surface area contributed by atoms with Crippen molar-refractivity contribution in [1.82, 2.24) is 5.32 Å². The number of nitro benzene ring substituents is 1. The first kappa shape index (κ1) is 16.4. The van der Waals surface area contributed by atoms with Crippen molar-refractivity contribution in [1.29, 1.82) is 0 Å². The van der Waals surface area contributed by atoms with Crippen LogP contribution in [-0.2, 0) is 0 Å². The second kappa shape index (κ2) is 6.84. The van der Waals surface area contributed by atoms with Crippen molar-refractivity contribution < 1.29 is 14.8 Å². The number of phenols is 1. The number of nitrogens with one attached hydrogen (secondary N) is 2. The topological polar surface area (TPSA) is 104 Å². The minimum absolute atomic E-state index is 0.0115. The highest BCUT2D eigenvalue weighted by molar-refractivity contribution is 7.80. The SMILES string of the molecule is Cc1ccc(O)c(NC(=S)NC(=O)c2cccc([N+](=O)[O-])c2)c1. The Bertz CT molecular complexity index is 792. The lowest BCUT2D eigenvalue weighted by Crippen LogP contribution is -2.34. The zero-order valence-corrected chi connectivity index (χ0v) is 12.9. The van der Waals surface area contributed by atoms with Crippen molar-refractivity contribution in [2.24, 2.45) is 0 Å². The zero-order chi connectivity index (χ0) is 17.0. The number of aryl methyl sites for hydroxylation is 1. The average Bonchev–Trinajstić information content (AvgIpc) is 2.51. The predicted molar refractivity (Wildman–Crippen MR) is 89.6 cm³/mol. The molecular formula is C15H13N3O4S. The second-order valence-electron chi connectivity index (χ2n) is 4.74. The molecule has 0 fully saturated rings. The van der Waals surface area contributed by atoms with Gasteiger partial charge in [-0.05, 0) is 42.9 Å². The Morgan fingerprint density at radius 3 is 2.70 bits per heavy atom. The zero-order valence-electron chi connectivity index (χ0n) is 12.1. The van der Waals surface area contributed by atoms with Crippen LogP contribution in [0.5, 0.6) is 5.75 Å². The third kappa shape index (κ3) is 4.24. The minimum Gasteiger partial charge on any atom is -0.506 e. The van der Waals surface area contributed by atoms with E-state index in [-0.39, 0.29) is 22.1 Å². The van der Waals surface area contributed by atoms with E-state index in [1.807, 2.05) is 6.92 Å². The number of nitro groups is 1. The predicted octanol–water partition coefficient (Wildman–Crippen LogP) is 2.74. The Morgan fingerprint density at radius 1 is 1.26 bits per heavy atom. The highest BCUT2D eigenvalue weighted by Crippen LogP contribution is 2.23. The van der Waals surface area contributed by atoms with Crippen molar-refractivity contribution >= 4 is 34.6 Å². The van der Waals surface area contributed by atoms with E-state index in [0.29, 0.717) is 5.69 Å². The minimum atomic E-state index is -0.585. The third-order valence-electron chi connectivity index (χ3n) is 2.95. The van der Waals surface area contributed by atoms with Gasteiger partial charge in [0.05, 0.1) is 10.6 Å². The van der Waals surface area contributed by atoms with Gasteiger partial charge < -0.3 is 10.4 Å². The number of hydrogen-bond acceptors (Lipinski definition) is 5. The van der Waals surface area contributed by atoms with Gasteiger partial charge in [0.15, 0.2) is 5.11 Å². The van der Waals surface area contributed by atoms with Crippen molar-refractivity contribution in [2.75, 3.05) is 5.32 Å². The van der Waals surface area contributed by atoms with Crippen molar-refractivity contribution in [3.05, 3.63) is 63.7 Å². The van der Waals surface area contributed by atoms with E-state index in [9.17, 15) is 20.0 Å². The summed E-state index contributed by atoms with van der Waals surface area (Å²) in [5.41, 5.74) is 1.18. The summed E-state index contributed by atoms with van der Waals surface area (Å²) in [6, 6.07) is 10.2. The molecular weight excluding hydrogens is 318 g/mol. The molecule has 0 bridgehead atoms. The molecule has 2 aromatic carbocycles. The summed E-state index contributed by atoms with van der Waals surface area (Å²) in [7, 11) is 0. The Balaban J connectivity index is 2.08. The number of nitrogens with zero attached hydrogens (tertiary/aromatic N) is 1. The van der Waals surface area contributed by atoms with Crippen LogP contribution in [0.2, 0.25) is 0 Å². The molecule has 0 unspecified atom stereocenters. The van der Waals surface area contributed by atoms with Crippen LogP contribution in [0, 0.1) is 17.0 Å². The molecule has 0 aliphatic carbocycles. The Kier molecular flexibility index (Phi) is 4.87. The summed E-state index contributed by atoms with van der Waals surface area (Å²) >= 11 is 5.01. The van der Waals surface area contributed by atoms with Crippen LogP contribution < -0.4 is 10.6 Å². The number of rotatable bonds is 3. The summed E-state index contributed by atoms with van der Waals surface area (Å²) in [5.74, 6) is -0.596. The van der Waals surface area contributed by atoms with Gasteiger partial charge in [0.25, 0.3) is 11.6 Å². The number of benzene rings is 2. The van der Waals surface area contributed by atoms with Crippen LogP contribution in [-0.4, -0.2) is 21.0 Å². The Labute approximate surface area is 137 Å². The lowest BCUT2D eigenvalue weighted by Gasteiger charge is -2.11. The molecule has 0 aromatic heterocycles. The number of anilines is 1. The van der Waals surface area contributed by atoms with Crippen molar-refractivity contribution in [3.8, 4) is 5.75 Å². The lowest BCUT2D eigenvalue weighted by molar-refractivity contribution is -0.384. The number of amides is 1. The molecule has 8 heteroatoms. The van der Waals surface area contributed by atoms with Gasteiger partial charge in [0.1, 0.15) is 5.75 Å². The number of aromatic hydroxyl groups is 1. The van der Waals surface area contributed by atoms with Crippen molar-refractivity contribution in [3.63, 3.8) is 0 Å². The Morgan fingerprint density at radius 2 is 2.00 bits per heavy atom. The molecule has 23 heavy (non-hydrogen) atoms. The monoisotopic (exact) mass is 331 g/mol. The van der Waals surface area contributed by atoms with Crippen molar-refractivity contribution in [2.45, 2.75) is 6.92 Å². The van der Waals surface area contributed by atoms with Crippen LogP contribution in [0.4, 0.5) is 11.4 Å². The molecule has 118 valence electrons. The molecule has 0 atom stereocenters. The van der Waals surface area contributed by atoms with E-state index < -0.39 is 10.8 Å². The normalized spacial score (nSPS) is 9.96. The number of carbonyl (C=O) groups excluding carboxylic acids is 1. The van der Waals surface area contributed by atoms with E-state index in [1.165, 1.54) is 24.3 Å². The number of non-ortho nitro benzene ring substituents is 1. The fourth-order valence-corrected chi connectivity index (χ4v) is 2.04.